The van der Waals surface area contributed by atoms with Gasteiger partial charge in [-0.25, -0.2) is 0 Å². The summed E-state index contributed by atoms with van der Waals surface area (Å²) >= 11 is 5.45. The molecule has 1 N–H and O–H groups in total. The van der Waals surface area contributed by atoms with Gasteiger partial charge in [-0.15, -0.1) is 0 Å². The first-order valence-corrected chi connectivity index (χ1v) is 11.6. The molecule has 0 spiro atoms. The Morgan fingerprint density at radius 3 is 2.33 bits per heavy atom. The first-order chi connectivity index (χ1) is 10.9. The number of aryl methyl sites for hydroxylation is 1. The maximum atomic E-state index is 11.1. The molecule has 8 heteroatoms. The van der Waals surface area contributed by atoms with Crippen molar-refractivity contribution in [2.24, 2.45) is 0 Å². The van der Waals surface area contributed by atoms with Crippen LogP contribution in [0.25, 0.3) is 0 Å². The molecular formula is C16H20NaO3S4+. The molecule has 126 valence electrons. The van der Waals surface area contributed by atoms with Crippen LogP contribution in [0.2, 0.25) is 0 Å². The Morgan fingerprint density at radius 1 is 1.08 bits per heavy atom. The van der Waals surface area contributed by atoms with Gasteiger partial charge in [-0.2, -0.15) is 8.42 Å². The Labute approximate surface area is 178 Å². The second-order valence-corrected chi connectivity index (χ2v) is 9.78. The fraction of sp³-hybridized carbons (Fsp3) is 0.438. The molecule has 0 radical (unpaired) electrons. The maximum Gasteiger partial charge on any atom is 1.00 e. The molecule has 0 saturated carbocycles. The van der Waals surface area contributed by atoms with Crippen molar-refractivity contribution in [2.45, 2.75) is 50.3 Å². The zero-order chi connectivity index (χ0) is 16.9. The predicted octanol–water partition coefficient (Wildman–Crippen LogP) is 2.50. The van der Waals surface area contributed by atoms with Crippen LogP contribution in [-0.4, -0.2) is 13.0 Å². The van der Waals surface area contributed by atoms with Gasteiger partial charge in [0.05, 0.1) is 4.90 Å². The van der Waals surface area contributed by atoms with E-state index in [-0.39, 0.29) is 34.5 Å². The molecule has 0 atom stereocenters. The van der Waals surface area contributed by atoms with Crippen molar-refractivity contribution in [1.29, 1.82) is 0 Å². The Bertz CT molecular complexity index is 791. The third-order valence-corrected chi connectivity index (χ3v) is 7.83. The van der Waals surface area contributed by atoms with E-state index in [1.165, 1.54) is 48.3 Å². The van der Waals surface area contributed by atoms with Crippen molar-refractivity contribution in [2.75, 3.05) is 0 Å². The topological polar surface area (TPSA) is 54.4 Å². The molecule has 2 rings (SSSR count). The van der Waals surface area contributed by atoms with Crippen LogP contribution in [0.5, 0.6) is 0 Å². The van der Waals surface area contributed by atoms with Gasteiger partial charge in [0.15, 0.2) is 0 Å². The van der Waals surface area contributed by atoms with Gasteiger partial charge in [-0.3, -0.25) is 4.55 Å². The monoisotopic (exact) mass is 411 g/mol. The van der Waals surface area contributed by atoms with E-state index in [9.17, 15) is 8.42 Å². The average molecular weight is 412 g/mol. The number of hydrogen-bond donors (Lipinski definition) is 1. The van der Waals surface area contributed by atoms with Crippen LogP contribution in [0.4, 0.5) is 0 Å². The molecule has 0 saturated heterocycles. The van der Waals surface area contributed by atoms with Gasteiger partial charge >= 0.3 is 29.6 Å². The molecule has 0 unspecified atom stereocenters. The SMILES string of the molecule is CCCCCCc1ssc(=S)c1Cc1ccc(S(=O)(=O)O)cc1.[Na+]. The van der Waals surface area contributed by atoms with Crippen LogP contribution in [0, 0.1) is 3.82 Å². The first kappa shape index (κ1) is 22.4. The van der Waals surface area contributed by atoms with E-state index in [1.54, 1.807) is 32.8 Å². The minimum atomic E-state index is -4.13. The van der Waals surface area contributed by atoms with Gasteiger partial charge in [-0.05, 0) is 36.1 Å². The molecule has 1 heterocycles. The Kier molecular flexibility index (Phi) is 9.84. The summed E-state index contributed by atoms with van der Waals surface area (Å²) in [6, 6.07) is 6.34. The van der Waals surface area contributed by atoms with Gasteiger partial charge < -0.3 is 0 Å². The van der Waals surface area contributed by atoms with E-state index in [4.69, 9.17) is 16.8 Å². The van der Waals surface area contributed by atoms with Gasteiger partial charge in [0.25, 0.3) is 10.1 Å². The summed E-state index contributed by atoms with van der Waals surface area (Å²) in [5.74, 6) is 0. The zero-order valence-electron chi connectivity index (χ0n) is 13.9. The summed E-state index contributed by atoms with van der Waals surface area (Å²) < 4.78 is 32.1. The summed E-state index contributed by atoms with van der Waals surface area (Å²) in [6.45, 7) is 2.20. The molecule has 2 aromatic rings. The molecule has 1 aromatic carbocycles. The maximum absolute atomic E-state index is 11.1. The largest absolute Gasteiger partial charge is 1.00 e. The molecule has 1 aromatic heterocycles. The third-order valence-electron chi connectivity index (χ3n) is 3.66. The Hall–Kier alpha value is 0.400. The number of benzene rings is 1. The van der Waals surface area contributed by atoms with Crippen molar-refractivity contribution in [3.63, 3.8) is 0 Å². The molecule has 0 aliphatic heterocycles. The number of hydrogen-bond acceptors (Lipinski definition) is 5. The van der Waals surface area contributed by atoms with Gasteiger partial charge in [-0.1, -0.05) is 71.2 Å². The number of rotatable bonds is 8. The van der Waals surface area contributed by atoms with Crippen LogP contribution < -0.4 is 29.6 Å². The van der Waals surface area contributed by atoms with Gasteiger partial charge in [0, 0.05) is 11.3 Å². The Balaban J connectivity index is 0.00000288. The normalized spacial score (nSPS) is 11.2. The average Bonchev–Trinajstić information content (AvgIpc) is 2.84. The van der Waals surface area contributed by atoms with E-state index in [0.29, 0.717) is 6.42 Å². The van der Waals surface area contributed by atoms with Crippen molar-refractivity contribution in [3.05, 3.63) is 44.1 Å². The van der Waals surface area contributed by atoms with E-state index in [0.717, 1.165) is 15.8 Å². The van der Waals surface area contributed by atoms with Gasteiger partial charge in [0.2, 0.25) is 0 Å². The van der Waals surface area contributed by atoms with Gasteiger partial charge in [0.1, 0.15) is 3.82 Å². The summed E-state index contributed by atoms with van der Waals surface area (Å²) in [6.07, 6.45) is 6.71. The fourth-order valence-electron chi connectivity index (χ4n) is 2.36. The van der Waals surface area contributed by atoms with Crippen molar-refractivity contribution in [3.8, 4) is 0 Å². The van der Waals surface area contributed by atoms with Crippen LogP contribution in [0.1, 0.15) is 48.6 Å². The summed E-state index contributed by atoms with van der Waals surface area (Å²) in [5, 5.41) is 0. The zero-order valence-corrected chi connectivity index (χ0v) is 19.2. The van der Waals surface area contributed by atoms with E-state index in [1.807, 2.05) is 0 Å². The fourth-order valence-corrected chi connectivity index (χ4v) is 5.83. The smallest absolute Gasteiger partial charge is 0.282 e. The van der Waals surface area contributed by atoms with Crippen LogP contribution in [0.3, 0.4) is 0 Å². The quantitative estimate of drug-likeness (QED) is 0.238. The summed E-state index contributed by atoms with van der Waals surface area (Å²) in [4.78, 5) is 1.28. The summed E-state index contributed by atoms with van der Waals surface area (Å²) in [7, 11) is -0.727. The van der Waals surface area contributed by atoms with Crippen molar-refractivity contribution >= 4 is 43.0 Å². The molecule has 0 aliphatic carbocycles. The minimum absolute atomic E-state index is 0. The standard InChI is InChI=1S/C16H20O3S4.Na/c1-2-3-4-5-6-15-14(16(20)22-21-15)11-12-7-9-13(10-8-12)23(17,18)19;/h7-10H,2-6,11H2,1H3,(H,17,18,19);/q;+1. The molecule has 0 amide bonds. The molecule has 0 aliphatic rings. The van der Waals surface area contributed by atoms with Crippen molar-refractivity contribution < 1.29 is 42.5 Å². The van der Waals surface area contributed by atoms with E-state index >= 15 is 0 Å². The minimum Gasteiger partial charge on any atom is -0.282 e. The molecule has 24 heavy (non-hydrogen) atoms. The first-order valence-electron chi connectivity index (χ1n) is 7.59. The second-order valence-electron chi connectivity index (χ2n) is 5.46. The van der Waals surface area contributed by atoms with Crippen LogP contribution >= 0.6 is 32.9 Å². The second kappa shape index (κ2) is 10.5. The molecule has 0 bridgehead atoms. The molecule has 3 nitrogen and oxygen atoms in total. The van der Waals surface area contributed by atoms with Crippen LogP contribution in [-0.2, 0) is 23.0 Å². The third kappa shape index (κ3) is 6.61. The van der Waals surface area contributed by atoms with Crippen molar-refractivity contribution in [1.82, 2.24) is 0 Å². The van der Waals surface area contributed by atoms with E-state index < -0.39 is 10.1 Å². The number of unbranched alkanes of at least 4 members (excludes halogenated alkanes) is 3. The van der Waals surface area contributed by atoms with E-state index in [2.05, 4.69) is 6.92 Å². The molecular weight excluding hydrogens is 391 g/mol. The predicted molar refractivity (Wildman–Crippen MR) is 99.9 cm³/mol. The summed E-state index contributed by atoms with van der Waals surface area (Å²) in [5.41, 5.74) is 2.20. The Morgan fingerprint density at radius 2 is 1.75 bits per heavy atom. The molecule has 0 fully saturated rings. The van der Waals surface area contributed by atoms with Crippen LogP contribution in [0.15, 0.2) is 29.2 Å².